The van der Waals surface area contributed by atoms with E-state index < -0.39 is 0 Å². The lowest BCUT2D eigenvalue weighted by Gasteiger charge is -2.23. The van der Waals surface area contributed by atoms with E-state index in [0.29, 0.717) is 51.6 Å². The zero-order valence-corrected chi connectivity index (χ0v) is 19.0. The Morgan fingerprint density at radius 3 is 1.72 bits per heavy atom. The summed E-state index contributed by atoms with van der Waals surface area (Å²) < 4.78 is 9.44. The molecule has 0 spiro atoms. The third-order valence-electron chi connectivity index (χ3n) is 5.34. The van der Waals surface area contributed by atoms with Gasteiger partial charge in [0.05, 0.1) is 20.1 Å². The first-order valence-corrected chi connectivity index (χ1v) is 10.7. The largest absolute Gasteiger partial charge is 0.469 e. The molecular weight excluding hydrogens is 372 g/mol. The van der Waals surface area contributed by atoms with Crippen molar-refractivity contribution in [2.24, 2.45) is 10.8 Å². The molecule has 29 heavy (non-hydrogen) atoms. The fourth-order valence-electron chi connectivity index (χ4n) is 3.32. The van der Waals surface area contributed by atoms with Gasteiger partial charge in [0.25, 0.3) is 6.47 Å². The highest BCUT2D eigenvalue weighted by Gasteiger charge is 2.22. The number of hydrogen-bond acceptors (Lipinski definition) is 6. The molecule has 0 bridgehead atoms. The number of ketones is 2. The third kappa shape index (κ3) is 15.8. The monoisotopic (exact) mass is 412 g/mol. The van der Waals surface area contributed by atoms with Crippen LogP contribution in [-0.4, -0.2) is 37.7 Å². The van der Waals surface area contributed by atoms with Crippen LogP contribution in [0.2, 0.25) is 0 Å². The van der Waals surface area contributed by atoms with Crippen LogP contribution in [0.25, 0.3) is 0 Å². The quantitative estimate of drug-likeness (QED) is 0.182. The van der Waals surface area contributed by atoms with Crippen LogP contribution in [0, 0.1) is 10.8 Å². The van der Waals surface area contributed by atoms with E-state index in [0.717, 1.165) is 32.1 Å². The minimum atomic E-state index is -0.225. The van der Waals surface area contributed by atoms with Gasteiger partial charge in [-0.1, -0.05) is 27.7 Å². The van der Waals surface area contributed by atoms with Crippen LogP contribution in [0.4, 0.5) is 0 Å². The Bertz CT molecular complexity index is 521. The predicted octanol–water partition coefficient (Wildman–Crippen LogP) is 4.81. The maximum atomic E-state index is 12.0. The van der Waals surface area contributed by atoms with Crippen molar-refractivity contribution >= 4 is 24.0 Å². The number of methoxy groups -OCH3 is 1. The molecule has 0 atom stereocenters. The molecule has 0 aliphatic rings. The van der Waals surface area contributed by atoms with Crippen molar-refractivity contribution in [2.75, 3.05) is 13.7 Å². The number of ether oxygens (including phenoxy) is 2. The van der Waals surface area contributed by atoms with Gasteiger partial charge in [-0.25, -0.2) is 0 Å². The highest BCUT2D eigenvalue weighted by molar-refractivity contribution is 5.81. The van der Waals surface area contributed by atoms with Gasteiger partial charge in [0.15, 0.2) is 0 Å². The molecule has 0 fully saturated rings. The summed E-state index contributed by atoms with van der Waals surface area (Å²) in [5.41, 5.74) is -0.128. The molecule has 0 saturated heterocycles. The number of carbonyl (C=O) groups is 4. The Morgan fingerprint density at radius 1 is 0.759 bits per heavy atom. The van der Waals surface area contributed by atoms with Gasteiger partial charge in [-0.05, 0) is 49.4 Å². The molecule has 0 aliphatic heterocycles. The Labute approximate surface area is 176 Å². The minimum absolute atomic E-state index is 0.0426. The van der Waals surface area contributed by atoms with Crippen LogP contribution in [-0.2, 0) is 28.7 Å². The second-order valence-electron chi connectivity index (χ2n) is 9.44. The van der Waals surface area contributed by atoms with E-state index in [9.17, 15) is 19.2 Å². The van der Waals surface area contributed by atoms with Crippen LogP contribution >= 0.6 is 0 Å². The number of carbonyl (C=O) groups excluding carboxylic acids is 4. The van der Waals surface area contributed by atoms with Gasteiger partial charge in [-0.15, -0.1) is 0 Å². The average molecular weight is 413 g/mol. The molecule has 0 saturated carbocycles. The molecule has 0 N–H and O–H groups in total. The SMILES string of the molecule is COC(=O)CC(C)(C)CCCC(=O)CCCC(=O)CCCC(C)(C)CCOC=O. The molecule has 0 aromatic carbocycles. The van der Waals surface area contributed by atoms with Gasteiger partial charge in [-0.2, -0.15) is 0 Å². The van der Waals surface area contributed by atoms with Crippen LogP contribution in [0.1, 0.15) is 98.3 Å². The van der Waals surface area contributed by atoms with Crippen LogP contribution in [0.5, 0.6) is 0 Å². The third-order valence-corrected chi connectivity index (χ3v) is 5.34. The Balaban J connectivity index is 3.86. The second kappa shape index (κ2) is 14.3. The van der Waals surface area contributed by atoms with Gasteiger partial charge in [0, 0.05) is 25.7 Å². The molecule has 0 heterocycles. The van der Waals surface area contributed by atoms with E-state index in [-0.39, 0.29) is 28.4 Å². The van der Waals surface area contributed by atoms with E-state index >= 15 is 0 Å². The molecule has 0 aliphatic carbocycles. The first-order valence-electron chi connectivity index (χ1n) is 10.7. The average Bonchev–Trinajstić information content (AvgIpc) is 2.61. The van der Waals surface area contributed by atoms with Gasteiger partial charge in [0.2, 0.25) is 0 Å². The zero-order chi connectivity index (χ0) is 22.3. The fourth-order valence-corrected chi connectivity index (χ4v) is 3.32. The van der Waals surface area contributed by atoms with Crippen molar-refractivity contribution in [1.29, 1.82) is 0 Å². The zero-order valence-electron chi connectivity index (χ0n) is 19.0. The summed E-state index contributed by atoms with van der Waals surface area (Å²) in [7, 11) is 1.38. The number of hydrogen-bond donors (Lipinski definition) is 0. The Hall–Kier alpha value is -1.72. The summed E-state index contributed by atoms with van der Waals surface area (Å²) >= 11 is 0. The van der Waals surface area contributed by atoms with E-state index in [4.69, 9.17) is 9.47 Å². The van der Waals surface area contributed by atoms with Gasteiger partial charge >= 0.3 is 5.97 Å². The smallest absolute Gasteiger partial charge is 0.306 e. The lowest BCUT2D eigenvalue weighted by molar-refractivity contribution is -0.143. The molecule has 6 nitrogen and oxygen atoms in total. The van der Waals surface area contributed by atoms with Crippen molar-refractivity contribution in [3.05, 3.63) is 0 Å². The molecule has 168 valence electrons. The highest BCUT2D eigenvalue weighted by atomic mass is 16.5. The van der Waals surface area contributed by atoms with Crippen molar-refractivity contribution in [3.63, 3.8) is 0 Å². The topological polar surface area (TPSA) is 86.7 Å². The molecule has 0 aromatic heterocycles. The summed E-state index contributed by atoms with van der Waals surface area (Å²) in [6.07, 6.45) is 6.94. The summed E-state index contributed by atoms with van der Waals surface area (Å²) in [6.45, 7) is 9.09. The normalized spacial score (nSPS) is 11.8. The summed E-state index contributed by atoms with van der Waals surface area (Å²) in [5.74, 6) is 0.164. The molecule has 0 aromatic rings. The Morgan fingerprint density at radius 2 is 1.24 bits per heavy atom. The van der Waals surface area contributed by atoms with Crippen molar-refractivity contribution in [1.82, 2.24) is 0 Å². The molecule has 0 radical (unpaired) electrons. The predicted molar refractivity (Wildman–Crippen MR) is 112 cm³/mol. The molecule has 0 unspecified atom stereocenters. The molecule has 0 amide bonds. The fraction of sp³-hybridized carbons (Fsp3) is 0.826. The maximum absolute atomic E-state index is 12.0. The summed E-state index contributed by atoms with van der Waals surface area (Å²) in [4.78, 5) is 45.6. The number of rotatable bonds is 18. The van der Waals surface area contributed by atoms with E-state index in [1.54, 1.807) is 0 Å². The van der Waals surface area contributed by atoms with Crippen LogP contribution in [0.3, 0.4) is 0 Å². The van der Waals surface area contributed by atoms with Gasteiger partial charge in [0.1, 0.15) is 11.6 Å². The van der Waals surface area contributed by atoms with Crippen molar-refractivity contribution < 1.29 is 28.7 Å². The highest BCUT2D eigenvalue weighted by Crippen LogP contribution is 2.29. The van der Waals surface area contributed by atoms with Crippen molar-refractivity contribution in [3.8, 4) is 0 Å². The van der Waals surface area contributed by atoms with Gasteiger partial charge in [-0.3, -0.25) is 19.2 Å². The number of Topliss-reactive ketones (excluding diaryl/α,β-unsaturated/α-hetero) is 2. The lowest BCUT2D eigenvalue weighted by Crippen LogP contribution is -2.18. The molecule has 6 heteroatoms. The standard InChI is InChI=1S/C23H40O6/c1-22(2,15-16-29-18-24)13-7-11-19(25)9-6-10-20(26)12-8-14-23(3,4)17-21(27)28-5/h18H,6-17H2,1-5H3. The van der Waals surface area contributed by atoms with E-state index in [2.05, 4.69) is 13.8 Å². The molecular formula is C23H40O6. The number of esters is 1. The first-order chi connectivity index (χ1) is 13.5. The van der Waals surface area contributed by atoms with Crippen LogP contribution in [0.15, 0.2) is 0 Å². The maximum Gasteiger partial charge on any atom is 0.306 e. The summed E-state index contributed by atoms with van der Waals surface area (Å²) in [5, 5.41) is 0. The van der Waals surface area contributed by atoms with Gasteiger partial charge < -0.3 is 9.47 Å². The second-order valence-corrected chi connectivity index (χ2v) is 9.44. The lowest BCUT2D eigenvalue weighted by atomic mass is 9.83. The first kappa shape index (κ1) is 27.3. The van der Waals surface area contributed by atoms with E-state index in [1.165, 1.54) is 7.11 Å². The minimum Gasteiger partial charge on any atom is -0.469 e. The summed E-state index contributed by atoms with van der Waals surface area (Å²) in [6, 6.07) is 0. The molecule has 0 rings (SSSR count). The van der Waals surface area contributed by atoms with Crippen molar-refractivity contribution in [2.45, 2.75) is 98.3 Å². The van der Waals surface area contributed by atoms with E-state index in [1.807, 2.05) is 13.8 Å². The van der Waals surface area contributed by atoms with Crippen LogP contribution < -0.4 is 0 Å². The Kier molecular flexibility index (Phi) is 13.4.